The maximum atomic E-state index is 14.7. The molecule has 192 valence electrons. The summed E-state index contributed by atoms with van der Waals surface area (Å²) in [7, 11) is 0. The molecule has 0 bridgehead atoms. The van der Waals surface area contributed by atoms with Crippen LogP contribution in [0.25, 0.3) is 10.9 Å². The average Bonchev–Trinajstić information content (AvgIpc) is 2.87. The minimum atomic E-state index is -1.38. The van der Waals surface area contributed by atoms with E-state index in [0.29, 0.717) is 22.4 Å². The van der Waals surface area contributed by atoms with E-state index in [9.17, 15) is 24.2 Å². The summed E-state index contributed by atoms with van der Waals surface area (Å²) < 4.78 is 22.5. The Bertz CT molecular complexity index is 1500. The van der Waals surface area contributed by atoms with Crippen LogP contribution in [-0.2, 0) is 13.0 Å². The number of carboxylic acids is 1. The number of aliphatic hydroxyl groups is 1. The summed E-state index contributed by atoms with van der Waals surface area (Å²) in [5.41, 5.74) is 1.03. The van der Waals surface area contributed by atoms with Crippen LogP contribution in [-0.4, -0.2) is 27.4 Å². The number of carboxylic acid groups (broad SMARTS) is 1. The lowest BCUT2D eigenvalue weighted by Gasteiger charge is -2.26. The summed E-state index contributed by atoms with van der Waals surface area (Å²) in [6.07, 6.45) is 1.37. The fourth-order valence-electron chi connectivity index (χ4n) is 4.40. The molecule has 1 atom stereocenters. The lowest BCUT2D eigenvalue weighted by atomic mass is 9.98. The van der Waals surface area contributed by atoms with Crippen molar-refractivity contribution < 1.29 is 24.1 Å². The number of fused-ring (bicyclic) bond motifs is 1. The Balaban J connectivity index is 1.98. The number of hydrogen-bond acceptors (Lipinski definition) is 4. The van der Waals surface area contributed by atoms with E-state index in [2.05, 4.69) is 0 Å². The molecule has 4 rings (SSSR count). The number of carbonyl (C=O) groups is 1. The summed E-state index contributed by atoms with van der Waals surface area (Å²) in [6.45, 7) is 3.70. The number of benzene rings is 3. The van der Waals surface area contributed by atoms with Crippen molar-refractivity contribution in [1.82, 2.24) is 4.57 Å². The summed E-state index contributed by atoms with van der Waals surface area (Å²) in [6, 6.07) is 16.9. The Hall–Kier alpha value is -3.68. The Labute approximate surface area is 218 Å². The molecule has 1 heterocycles. The van der Waals surface area contributed by atoms with Crippen LogP contribution in [0.2, 0.25) is 5.02 Å². The number of aromatic carboxylic acids is 1. The highest BCUT2D eigenvalue weighted by molar-refractivity contribution is 6.30. The zero-order chi connectivity index (χ0) is 26.7. The molecule has 0 aliphatic carbocycles. The molecule has 0 amide bonds. The van der Waals surface area contributed by atoms with Crippen LogP contribution in [0.15, 0.2) is 71.7 Å². The van der Waals surface area contributed by atoms with Crippen molar-refractivity contribution in [2.45, 2.75) is 32.9 Å². The number of pyridine rings is 1. The molecule has 0 aliphatic heterocycles. The maximum Gasteiger partial charge on any atom is 0.341 e. The SMILES string of the molecule is CC(C)[C@@H](CO)n1cc(C(=O)O)c(=O)c2cc(Cc3cccc(Cl)c3F)cc(OCc3ccccc3)c21. The molecule has 1 aromatic heterocycles. The third-order valence-corrected chi connectivity index (χ3v) is 6.65. The van der Waals surface area contributed by atoms with Crippen LogP contribution in [0.4, 0.5) is 4.39 Å². The normalized spacial score (nSPS) is 12.2. The molecule has 0 fully saturated rings. The molecule has 0 radical (unpaired) electrons. The van der Waals surface area contributed by atoms with Gasteiger partial charge in [-0.3, -0.25) is 4.79 Å². The molecule has 0 aliphatic rings. The van der Waals surface area contributed by atoms with Crippen molar-refractivity contribution in [2.75, 3.05) is 6.61 Å². The fraction of sp³-hybridized carbons (Fsp3) is 0.241. The lowest BCUT2D eigenvalue weighted by Crippen LogP contribution is -2.26. The molecule has 4 aromatic rings. The molecule has 8 heteroatoms. The van der Waals surface area contributed by atoms with E-state index >= 15 is 0 Å². The second-order valence-electron chi connectivity index (χ2n) is 9.23. The lowest BCUT2D eigenvalue weighted by molar-refractivity contribution is 0.0694. The monoisotopic (exact) mass is 523 g/mol. The van der Waals surface area contributed by atoms with E-state index in [1.54, 1.807) is 28.8 Å². The van der Waals surface area contributed by atoms with E-state index in [0.717, 1.165) is 5.56 Å². The van der Waals surface area contributed by atoms with Crippen LogP contribution in [0, 0.1) is 11.7 Å². The molecule has 37 heavy (non-hydrogen) atoms. The van der Waals surface area contributed by atoms with Gasteiger partial charge in [-0.05, 0) is 40.8 Å². The molecular weight excluding hydrogens is 497 g/mol. The highest BCUT2D eigenvalue weighted by Crippen LogP contribution is 2.33. The fourth-order valence-corrected chi connectivity index (χ4v) is 4.59. The van der Waals surface area contributed by atoms with Crippen LogP contribution in [0.5, 0.6) is 5.75 Å². The van der Waals surface area contributed by atoms with Crippen molar-refractivity contribution in [1.29, 1.82) is 0 Å². The predicted molar refractivity (Wildman–Crippen MR) is 141 cm³/mol. The van der Waals surface area contributed by atoms with Crippen LogP contribution in [0.1, 0.15) is 46.9 Å². The summed E-state index contributed by atoms with van der Waals surface area (Å²) in [5.74, 6) is -1.70. The van der Waals surface area contributed by atoms with E-state index in [1.807, 2.05) is 44.2 Å². The van der Waals surface area contributed by atoms with Crippen molar-refractivity contribution in [3.63, 3.8) is 0 Å². The van der Waals surface area contributed by atoms with Crippen molar-refractivity contribution >= 4 is 28.5 Å². The first kappa shape index (κ1) is 26.4. The van der Waals surface area contributed by atoms with Gasteiger partial charge in [-0.1, -0.05) is 67.9 Å². The van der Waals surface area contributed by atoms with E-state index in [1.165, 1.54) is 12.3 Å². The largest absolute Gasteiger partial charge is 0.487 e. The second-order valence-corrected chi connectivity index (χ2v) is 9.64. The highest BCUT2D eigenvalue weighted by Gasteiger charge is 2.24. The Morgan fingerprint density at radius 1 is 1.08 bits per heavy atom. The van der Waals surface area contributed by atoms with Crippen LogP contribution in [0.3, 0.4) is 0 Å². The van der Waals surface area contributed by atoms with Gasteiger partial charge in [0.2, 0.25) is 5.43 Å². The molecule has 6 nitrogen and oxygen atoms in total. The number of aliphatic hydroxyl groups excluding tert-OH is 1. The van der Waals surface area contributed by atoms with Gasteiger partial charge in [0.1, 0.15) is 23.7 Å². The molecular formula is C29H27ClFNO5. The van der Waals surface area contributed by atoms with Gasteiger partial charge in [0.05, 0.1) is 28.6 Å². The number of aromatic nitrogens is 1. The summed E-state index contributed by atoms with van der Waals surface area (Å²) in [5, 5.41) is 20.0. The quantitative estimate of drug-likeness (QED) is 0.287. The summed E-state index contributed by atoms with van der Waals surface area (Å²) >= 11 is 5.96. The van der Waals surface area contributed by atoms with E-state index < -0.39 is 28.8 Å². The van der Waals surface area contributed by atoms with E-state index in [4.69, 9.17) is 16.3 Å². The molecule has 0 saturated carbocycles. The number of nitrogens with zero attached hydrogens (tertiary/aromatic N) is 1. The Morgan fingerprint density at radius 3 is 2.46 bits per heavy atom. The predicted octanol–water partition coefficient (Wildman–Crippen LogP) is 5.85. The highest BCUT2D eigenvalue weighted by atomic mass is 35.5. The standard InChI is InChI=1S/C29H27ClFNO5/c1-17(2)24(15-33)32-14-22(29(35)36)28(34)21-12-19(11-20-9-6-10-23(30)26(20)31)13-25(27(21)32)37-16-18-7-4-3-5-8-18/h3-10,12-14,17,24,33H,11,15-16H2,1-2H3,(H,35,36)/t24-/m1/s1. The number of rotatable bonds is 9. The van der Waals surface area contributed by atoms with Gasteiger partial charge in [-0.2, -0.15) is 0 Å². The van der Waals surface area contributed by atoms with Gasteiger partial charge in [-0.15, -0.1) is 0 Å². The molecule has 0 saturated heterocycles. The van der Waals surface area contributed by atoms with Gasteiger partial charge < -0.3 is 19.5 Å². The molecule has 0 unspecified atom stereocenters. The zero-order valence-electron chi connectivity index (χ0n) is 20.4. The molecule has 0 spiro atoms. The first-order valence-corrected chi connectivity index (χ1v) is 12.2. The minimum absolute atomic E-state index is 0.0166. The van der Waals surface area contributed by atoms with Gasteiger partial charge in [0.15, 0.2) is 0 Å². The molecule has 3 aromatic carbocycles. The van der Waals surface area contributed by atoms with Crippen LogP contribution >= 0.6 is 11.6 Å². The number of ether oxygens (including phenoxy) is 1. The Kier molecular flexibility index (Phi) is 7.95. The molecule has 2 N–H and O–H groups in total. The topological polar surface area (TPSA) is 88.8 Å². The van der Waals surface area contributed by atoms with Crippen LogP contribution < -0.4 is 10.2 Å². The minimum Gasteiger partial charge on any atom is -0.487 e. The van der Waals surface area contributed by atoms with Crippen molar-refractivity contribution in [2.24, 2.45) is 5.92 Å². The Morgan fingerprint density at radius 2 is 1.81 bits per heavy atom. The summed E-state index contributed by atoms with van der Waals surface area (Å²) in [4.78, 5) is 25.3. The first-order chi connectivity index (χ1) is 17.7. The maximum absolute atomic E-state index is 14.7. The number of hydrogen-bond donors (Lipinski definition) is 2. The van der Waals surface area contributed by atoms with Crippen molar-refractivity contribution in [3.05, 3.63) is 110 Å². The van der Waals surface area contributed by atoms with Gasteiger partial charge in [0, 0.05) is 12.6 Å². The number of halogens is 2. The second kappa shape index (κ2) is 11.2. The van der Waals surface area contributed by atoms with Crippen molar-refractivity contribution in [3.8, 4) is 5.75 Å². The van der Waals surface area contributed by atoms with Gasteiger partial charge >= 0.3 is 5.97 Å². The van der Waals surface area contributed by atoms with Gasteiger partial charge in [-0.25, -0.2) is 9.18 Å². The third kappa shape index (κ3) is 5.53. The zero-order valence-corrected chi connectivity index (χ0v) is 21.2. The third-order valence-electron chi connectivity index (χ3n) is 6.36. The smallest absolute Gasteiger partial charge is 0.341 e. The average molecular weight is 524 g/mol. The first-order valence-electron chi connectivity index (χ1n) is 11.9. The van der Waals surface area contributed by atoms with E-state index in [-0.39, 0.29) is 36.0 Å². The van der Waals surface area contributed by atoms with Gasteiger partial charge in [0.25, 0.3) is 0 Å².